The lowest BCUT2D eigenvalue weighted by Gasteiger charge is -2.37. The van der Waals surface area contributed by atoms with Crippen molar-refractivity contribution in [2.24, 2.45) is 5.92 Å². The molecule has 4 heteroatoms. The number of carbonyl (C=O) groups is 1. The van der Waals surface area contributed by atoms with Gasteiger partial charge in [0.05, 0.1) is 12.1 Å². The van der Waals surface area contributed by atoms with Crippen LogP contribution in [0.1, 0.15) is 29.7 Å². The molecule has 142 valence electrons. The van der Waals surface area contributed by atoms with Crippen LogP contribution in [-0.2, 0) is 9.53 Å². The van der Waals surface area contributed by atoms with Gasteiger partial charge in [-0.15, -0.1) is 0 Å². The van der Waals surface area contributed by atoms with E-state index in [2.05, 4.69) is 5.32 Å². The van der Waals surface area contributed by atoms with Crippen molar-refractivity contribution in [2.75, 3.05) is 5.32 Å². The molecule has 0 radical (unpaired) electrons. The summed E-state index contributed by atoms with van der Waals surface area (Å²) in [5.41, 5.74) is 2.73. The maximum atomic E-state index is 13.0. The lowest BCUT2D eigenvalue weighted by molar-refractivity contribution is -0.171. The number of aliphatic hydroxyl groups is 1. The second kappa shape index (κ2) is 8.28. The molecule has 28 heavy (non-hydrogen) atoms. The van der Waals surface area contributed by atoms with Crippen LogP contribution in [0.25, 0.3) is 0 Å². The van der Waals surface area contributed by atoms with Gasteiger partial charge in [0.25, 0.3) is 0 Å². The van der Waals surface area contributed by atoms with E-state index in [-0.39, 0.29) is 12.0 Å². The molecule has 1 aliphatic rings. The van der Waals surface area contributed by atoms with E-state index in [1.807, 2.05) is 91.0 Å². The second-order valence-electron chi connectivity index (χ2n) is 7.06. The van der Waals surface area contributed by atoms with E-state index in [1.165, 1.54) is 0 Å². The number of ether oxygens (including phenoxy) is 1. The first kappa shape index (κ1) is 18.3. The second-order valence-corrected chi connectivity index (χ2v) is 7.06. The minimum absolute atomic E-state index is 0.375. The third-order valence-electron chi connectivity index (χ3n) is 5.19. The predicted octanol–water partition coefficient (Wildman–Crippen LogP) is 4.51. The minimum atomic E-state index is -0.812. The first-order valence-corrected chi connectivity index (χ1v) is 9.52. The van der Waals surface area contributed by atoms with E-state index in [9.17, 15) is 9.90 Å². The van der Waals surface area contributed by atoms with Crippen molar-refractivity contribution in [3.63, 3.8) is 0 Å². The van der Waals surface area contributed by atoms with Crippen LogP contribution in [0.15, 0.2) is 91.0 Å². The standard InChI is InChI=1S/C24H23NO3/c26-20-16-21(17-10-4-1-5-11-17)28-24(27)22(20)23(18-12-6-2-7-13-18)25-19-14-8-3-9-15-19/h1-15,20-23,25-26H,16H2/t20-,21-,22+,23?/m0/s1. The Hall–Kier alpha value is -3.11. The normalized spacial score (nSPS) is 22.9. The highest BCUT2D eigenvalue weighted by Gasteiger charge is 2.43. The SMILES string of the molecule is O=C1O[C@H](c2ccccc2)C[C@H](O)[C@@H]1C(Nc1ccccc1)c1ccccc1. The summed E-state index contributed by atoms with van der Waals surface area (Å²) in [6.45, 7) is 0. The molecule has 1 fully saturated rings. The Kier molecular flexibility index (Phi) is 5.40. The highest BCUT2D eigenvalue weighted by atomic mass is 16.5. The molecule has 3 aromatic carbocycles. The van der Waals surface area contributed by atoms with Gasteiger partial charge in [-0.3, -0.25) is 4.79 Å². The molecule has 1 heterocycles. The van der Waals surface area contributed by atoms with Gasteiger partial charge < -0.3 is 15.2 Å². The van der Waals surface area contributed by atoms with Crippen LogP contribution in [0.4, 0.5) is 5.69 Å². The van der Waals surface area contributed by atoms with Crippen LogP contribution in [0, 0.1) is 5.92 Å². The number of nitrogens with one attached hydrogen (secondary N) is 1. The summed E-state index contributed by atoms with van der Waals surface area (Å²) in [6.07, 6.45) is -0.860. The van der Waals surface area contributed by atoms with Gasteiger partial charge in [0.2, 0.25) is 0 Å². The number of anilines is 1. The third kappa shape index (κ3) is 3.92. The Balaban J connectivity index is 1.62. The summed E-state index contributed by atoms with van der Waals surface area (Å²) in [5.74, 6) is -1.08. The van der Waals surface area contributed by atoms with E-state index < -0.39 is 18.1 Å². The highest BCUT2D eigenvalue weighted by Crippen LogP contribution is 2.39. The van der Waals surface area contributed by atoms with Crippen molar-refractivity contribution in [1.29, 1.82) is 0 Å². The van der Waals surface area contributed by atoms with Crippen LogP contribution in [0.5, 0.6) is 0 Å². The quantitative estimate of drug-likeness (QED) is 0.646. The first-order chi connectivity index (χ1) is 13.7. The molecule has 0 aliphatic carbocycles. The topological polar surface area (TPSA) is 58.6 Å². The molecule has 4 nitrogen and oxygen atoms in total. The van der Waals surface area contributed by atoms with Gasteiger partial charge in [-0.2, -0.15) is 0 Å². The summed E-state index contributed by atoms with van der Waals surface area (Å²) in [5, 5.41) is 14.4. The Morgan fingerprint density at radius 3 is 2.04 bits per heavy atom. The number of hydrogen-bond donors (Lipinski definition) is 2. The summed E-state index contributed by atoms with van der Waals surface area (Å²) in [7, 11) is 0. The maximum Gasteiger partial charge on any atom is 0.314 e. The zero-order valence-electron chi connectivity index (χ0n) is 15.4. The largest absolute Gasteiger partial charge is 0.457 e. The fourth-order valence-electron chi connectivity index (χ4n) is 3.77. The fraction of sp³-hybridized carbons (Fsp3) is 0.208. The molecule has 1 aliphatic heterocycles. The summed E-state index contributed by atoms with van der Waals surface area (Å²) >= 11 is 0. The number of benzene rings is 3. The van der Waals surface area contributed by atoms with Gasteiger partial charge in [-0.1, -0.05) is 78.9 Å². The number of para-hydroxylation sites is 1. The lowest BCUT2D eigenvalue weighted by atomic mass is 9.83. The van der Waals surface area contributed by atoms with E-state index in [0.29, 0.717) is 6.42 Å². The van der Waals surface area contributed by atoms with Crippen LogP contribution in [0.3, 0.4) is 0 Å². The number of hydrogen-bond acceptors (Lipinski definition) is 4. The van der Waals surface area contributed by atoms with E-state index >= 15 is 0 Å². The Labute approximate surface area is 164 Å². The highest BCUT2D eigenvalue weighted by molar-refractivity contribution is 5.76. The van der Waals surface area contributed by atoms with Crippen molar-refractivity contribution < 1.29 is 14.6 Å². The van der Waals surface area contributed by atoms with Crippen molar-refractivity contribution in [3.8, 4) is 0 Å². The van der Waals surface area contributed by atoms with Crippen LogP contribution >= 0.6 is 0 Å². The molecule has 0 spiro atoms. The third-order valence-corrected chi connectivity index (χ3v) is 5.19. The average molecular weight is 373 g/mol. The van der Waals surface area contributed by atoms with Gasteiger partial charge in [-0.25, -0.2) is 0 Å². The van der Waals surface area contributed by atoms with E-state index in [1.54, 1.807) is 0 Å². The summed E-state index contributed by atoms with van der Waals surface area (Å²) < 4.78 is 5.76. The predicted molar refractivity (Wildman–Crippen MR) is 109 cm³/mol. The summed E-state index contributed by atoms with van der Waals surface area (Å²) in [6, 6.07) is 28.6. The Morgan fingerprint density at radius 2 is 1.43 bits per heavy atom. The zero-order valence-corrected chi connectivity index (χ0v) is 15.4. The number of esters is 1. The number of cyclic esters (lactones) is 1. The van der Waals surface area contributed by atoms with Gasteiger partial charge in [-0.05, 0) is 23.3 Å². The maximum absolute atomic E-state index is 13.0. The van der Waals surface area contributed by atoms with Crippen LogP contribution in [0.2, 0.25) is 0 Å². The van der Waals surface area contributed by atoms with Crippen molar-refractivity contribution >= 4 is 11.7 Å². The molecule has 1 saturated heterocycles. The Morgan fingerprint density at radius 1 is 0.857 bits per heavy atom. The fourth-order valence-corrected chi connectivity index (χ4v) is 3.77. The van der Waals surface area contributed by atoms with Crippen molar-refractivity contribution in [1.82, 2.24) is 0 Å². The molecule has 4 atom stereocenters. The lowest BCUT2D eigenvalue weighted by Crippen LogP contribution is -2.43. The molecule has 0 amide bonds. The van der Waals surface area contributed by atoms with Crippen molar-refractivity contribution in [3.05, 3.63) is 102 Å². The molecule has 0 saturated carbocycles. The summed E-state index contributed by atoms with van der Waals surface area (Å²) in [4.78, 5) is 13.0. The van der Waals surface area contributed by atoms with Crippen molar-refractivity contribution in [2.45, 2.75) is 24.7 Å². The minimum Gasteiger partial charge on any atom is -0.457 e. The monoisotopic (exact) mass is 373 g/mol. The van der Waals surface area contributed by atoms with Gasteiger partial charge >= 0.3 is 5.97 Å². The molecule has 4 rings (SSSR count). The number of rotatable bonds is 5. The van der Waals surface area contributed by atoms with Gasteiger partial charge in [0.15, 0.2) is 0 Å². The Bertz CT molecular complexity index is 899. The molecular weight excluding hydrogens is 350 g/mol. The number of aliphatic hydroxyl groups excluding tert-OH is 1. The average Bonchev–Trinajstić information content (AvgIpc) is 2.74. The first-order valence-electron chi connectivity index (χ1n) is 9.52. The molecule has 0 bridgehead atoms. The van der Waals surface area contributed by atoms with E-state index in [0.717, 1.165) is 16.8 Å². The number of carbonyl (C=O) groups excluding carboxylic acids is 1. The van der Waals surface area contributed by atoms with Gasteiger partial charge in [0.1, 0.15) is 12.0 Å². The molecule has 3 aromatic rings. The van der Waals surface area contributed by atoms with Crippen LogP contribution < -0.4 is 5.32 Å². The van der Waals surface area contributed by atoms with E-state index in [4.69, 9.17) is 4.74 Å². The zero-order chi connectivity index (χ0) is 19.3. The van der Waals surface area contributed by atoms with Crippen LogP contribution in [-0.4, -0.2) is 17.2 Å². The smallest absolute Gasteiger partial charge is 0.314 e. The molecular formula is C24H23NO3. The molecule has 2 N–H and O–H groups in total. The molecule has 1 unspecified atom stereocenters. The molecule has 0 aromatic heterocycles. The van der Waals surface area contributed by atoms with Gasteiger partial charge in [0, 0.05) is 12.1 Å².